The maximum absolute atomic E-state index is 13.1. The van der Waals surface area contributed by atoms with Gasteiger partial charge in [0.15, 0.2) is 0 Å². The average Bonchev–Trinajstić information content (AvgIpc) is 2.61. The van der Waals surface area contributed by atoms with Crippen LogP contribution in [0, 0.1) is 23.7 Å². The number of nitrogens with one attached hydrogen (secondary N) is 1. The summed E-state index contributed by atoms with van der Waals surface area (Å²) in [4.78, 5) is 26.1. The molecule has 3 amide bonds. The lowest BCUT2D eigenvalue weighted by atomic mass is 9.53. The number of rotatable bonds is 2. The minimum atomic E-state index is -0.800. The van der Waals surface area contributed by atoms with E-state index in [1.54, 1.807) is 34.3 Å². The third-order valence-corrected chi connectivity index (χ3v) is 7.48. The van der Waals surface area contributed by atoms with Gasteiger partial charge < -0.3 is 5.32 Å². The van der Waals surface area contributed by atoms with E-state index in [-0.39, 0.29) is 18.0 Å². The van der Waals surface area contributed by atoms with Crippen molar-refractivity contribution in [3.63, 3.8) is 0 Å². The number of benzene rings is 1. The third kappa shape index (κ3) is 2.58. The number of amides is 3. The highest BCUT2D eigenvalue weighted by atomic mass is 35.5. The van der Waals surface area contributed by atoms with Gasteiger partial charge in [-0.05, 0) is 93.9 Å². The first-order valence-electron chi connectivity index (χ1n) is 10.0. The van der Waals surface area contributed by atoms with Crippen LogP contribution in [0.15, 0.2) is 24.3 Å². The van der Waals surface area contributed by atoms with Gasteiger partial charge in [-0.15, -0.1) is 0 Å². The zero-order valence-electron chi connectivity index (χ0n) is 15.8. The summed E-state index contributed by atoms with van der Waals surface area (Å²) in [6.45, 7) is 3.67. The molecule has 0 spiro atoms. The minimum Gasteiger partial charge on any atom is -0.306 e. The first-order valence-corrected chi connectivity index (χ1v) is 10.4. The minimum absolute atomic E-state index is 0.0752. The lowest BCUT2D eigenvalue weighted by Gasteiger charge is -2.64. The lowest BCUT2D eigenvalue weighted by Crippen LogP contribution is -2.81. The molecule has 144 valence electrons. The zero-order chi connectivity index (χ0) is 18.9. The SMILES string of the molecule is CC1(C)C(=O)N(C2C3CC4CC(C3)CC2C4)N1C(=O)Nc1ccc(Cl)cc1. The first kappa shape index (κ1) is 17.4. The van der Waals surface area contributed by atoms with Crippen LogP contribution >= 0.6 is 11.6 Å². The molecule has 1 N–H and O–H groups in total. The summed E-state index contributed by atoms with van der Waals surface area (Å²) in [5, 5.41) is 7.03. The predicted molar refractivity (Wildman–Crippen MR) is 104 cm³/mol. The van der Waals surface area contributed by atoms with Gasteiger partial charge in [0.05, 0.1) is 6.04 Å². The van der Waals surface area contributed by atoms with Crippen LogP contribution in [-0.2, 0) is 4.79 Å². The second-order valence-corrected chi connectivity index (χ2v) is 9.82. The molecule has 0 atom stereocenters. The van der Waals surface area contributed by atoms with Crippen molar-refractivity contribution >= 4 is 29.2 Å². The summed E-state index contributed by atoms with van der Waals surface area (Å²) in [6.07, 6.45) is 6.24. The number of carbonyl (C=O) groups excluding carboxylic acids is 2. The van der Waals surface area contributed by atoms with E-state index in [1.165, 1.54) is 32.1 Å². The maximum atomic E-state index is 13.1. The van der Waals surface area contributed by atoms with E-state index in [2.05, 4.69) is 5.32 Å². The van der Waals surface area contributed by atoms with E-state index < -0.39 is 5.54 Å². The Kier molecular flexibility index (Phi) is 3.77. The van der Waals surface area contributed by atoms with E-state index in [4.69, 9.17) is 11.6 Å². The van der Waals surface area contributed by atoms with Gasteiger partial charge in [0.2, 0.25) is 0 Å². The molecule has 1 aliphatic heterocycles. The number of hydrogen-bond acceptors (Lipinski definition) is 2. The third-order valence-electron chi connectivity index (χ3n) is 7.22. The Labute approximate surface area is 165 Å². The molecule has 0 aromatic heterocycles. The molecule has 4 saturated carbocycles. The molecular weight excluding hydrogens is 362 g/mol. The molecule has 6 heteroatoms. The van der Waals surface area contributed by atoms with Crippen molar-refractivity contribution in [1.82, 2.24) is 10.0 Å². The van der Waals surface area contributed by atoms with Crippen LogP contribution in [0.4, 0.5) is 10.5 Å². The number of carbonyl (C=O) groups is 2. The van der Waals surface area contributed by atoms with Crippen LogP contribution in [0.1, 0.15) is 46.0 Å². The Bertz CT molecular complexity index is 763. The van der Waals surface area contributed by atoms with E-state index in [0.717, 1.165) is 11.8 Å². The largest absolute Gasteiger partial charge is 0.341 e. The molecule has 5 nitrogen and oxygen atoms in total. The molecule has 1 heterocycles. The fourth-order valence-corrected chi connectivity index (χ4v) is 6.44. The predicted octanol–water partition coefficient (Wildman–Crippen LogP) is 4.53. The smallest absolute Gasteiger partial charge is 0.306 e. The van der Waals surface area contributed by atoms with Crippen molar-refractivity contribution in [3.05, 3.63) is 29.3 Å². The topological polar surface area (TPSA) is 52.7 Å². The van der Waals surface area contributed by atoms with Crippen LogP contribution in [0.5, 0.6) is 0 Å². The molecule has 1 aromatic carbocycles. The van der Waals surface area contributed by atoms with Crippen molar-refractivity contribution in [2.45, 2.75) is 57.5 Å². The summed E-state index contributed by atoms with van der Waals surface area (Å²) >= 11 is 5.93. The van der Waals surface area contributed by atoms with E-state index in [9.17, 15) is 9.59 Å². The summed E-state index contributed by atoms with van der Waals surface area (Å²) in [7, 11) is 0. The standard InChI is InChI=1S/C21H26ClN3O2/c1-21(2)19(26)24(18-14-8-12-7-13(10-14)11-15(18)9-12)25(21)20(27)23-17-5-3-16(22)4-6-17/h3-6,12-15,18H,7-11H2,1-2H3,(H,23,27). The number of urea groups is 1. The van der Waals surface area contributed by atoms with Crippen molar-refractivity contribution in [3.8, 4) is 0 Å². The van der Waals surface area contributed by atoms with E-state index in [0.29, 0.717) is 22.5 Å². The van der Waals surface area contributed by atoms with E-state index >= 15 is 0 Å². The number of nitrogens with zero attached hydrogens (tertiary/aromatic N) is 2. The molecule has 5 aliphatic rings. The lowest BCUT2D eigenvalue weighted by molar-refractivity contribution is -0.228. The van der Waals surface area contributed by atoms with Crippen molar-refractivity contribution in [2.75, 3.05) is 5.32 Å². The van der Waals surface area contributed by atoms with Crippen LogP contribution < -0.4 is 5.32 Å². The summed E-state index contributed by atoms with van der Waals surface area (Å²) < 4.78 is 0. The quantitative estimate of drug-likeness (QED) is 0.810. The Morgan fingerprint density at radius 3 is 2.15 bits per heavy atom. The highest BCUT2D eigenvalue weighted by molar-refractivity contribution is 6.30. The highest BCUT2D eigenvalue weighted by Gasteiger charge is 2.62. The Morgan fingerprint density at radius 1 is 1.04 bits per heavy atom. The zero-order valence-corrected chi connectivity index (χ0v) is 16.6. The van der Waals surface area contributed by atoms with Gasteiger partial charge >= 0.3 is 6.03 Å². The molecule has 5 fully saturated rings. The second kappa shape index (κ2) is 5.87. The van der Waals surface area contributed by atoms with Gasteiger partial charge in [-0.25, -0.2) is 14.8 Å². The molecule has 6 rings (SSSR count). The van der Waals surface area contributed by atoms with Crippen molar-refractivity contribution < 1.29 is 9.59 Å². The second-order valence-electron chi connectivity index (χ2n) is 9.38. The Morgan fingerprint density at radius 2 is 1.59 bits per heavy atom. The normalized spacial score (nSPS) is 36.0. The van der Waals surface area contributed by atoms with Gasteiger partial charge in [-0.2, -0.15) is 0 Å². The number of anilines is 1. The molecule has 1 saturated heterocycles. The van der Waals surface area contributed by atoms with Crippen LogP contribution in [-0.4, -0.2) is 33.5 Å². The summed E-state index contributed by atoms with van der Waals surface area (Å²) in [5.41, 5.74) is -0.116. The Balaban J connectivity index is 1.39. The summed E-state index contributed by atoms with van der Waals surface area (Å²) in [6, 6.07) is 7.01. The number of halogens is 1. The van der Waals surface area contributed by atoms with Crippen LogP contribution in [0.2, 0.25) is 5.02 Å². The summed E-state index contributed by atoms with van der Waals surface area (Å²) in [5.74, 6) is 2.85. The van der Waals surface area contributed by atoms with Crippen LogP contribution in [0.3, 0.4) is 0 Å². The van der Waals surface area contributed by atoms with Gasteiger partial charge in [-0.3, -0.25) is 4.79 Å². The number of hydrogen-bond donors (Lipinski definition) is 1. The molecule has 4 bridgehead atoms. The molecule has 0 unspecified atom stereocenters. The molecule has 0 radical (unpaired) electrons. The van der Waals surface area contributed by atoms with Crippen molar-refractivity contribution in [1.29, 1.82) is 0 Å². The van der Waals surface area contributed by atoms with Gasteiger partial charge in [0.1, 0.15) is 5.54 Å². The Hall–Kier alpha value is -1.75. The van der Waals surface area contributed by atoms with Crippen molar-refractivity contribution in [2.24, 2.45) is 23.7 Å². The molecule has 27 heavy (non-hydrogen) atoms. The van der Waals surface area contributed by atoms with Gasteiger partial charge in [0, 0.05) is 10.7 Å². The molecule has 4 aliphatic carbocycles. The monoisotopic (exact) mass is 387 g/mol. The van der Waals surface area contributed by atoms with Crippen LogP contribution in [0.25, 0.3) is 0 Å². The molecular formula is C21H26ClN3O2. The van der Waals surface area contributed by atoms with Gasteiger partial charge in [0.25, 0.3) is 5.91 Å². The first-order chi connectivity index (χ1) is 12.8. The molecule has 1 aromatic rings. The fourth-order valence-electron chi connectivity index (χ4n) is 6.31. The van der Waals surface area contributed by atoms with E-state index in [1.807, 2.05) is 13.8 Å². The van der Waals surface area contributed by atoms with Gasteiger partial charge in [-0.1, -0.05) is 11.6 Å². The fraction of sp³-hybridized carbons (Fsp3) is 0.619. The highest BCUT2D eigenvalue weighted by Crippen LogP contribution is 2.57. The maximum Gasteiger partial charge on any atom is 0.341 e. The average molecular weight is 388 g/mol. The number of hydrazine groups is 1.